The Bertz CT molecular complexity index is 899. The number of aryl methyl sites for hydroxylation is 1. The van der Waals surface area contributed by atoms with Crippen molar-refractivity contribution in [3.63, 3.8) is 0 Å². The number of hydrogen-bond donors (Lipinski definition) is 0. The first-order chi connectivity index (χ1) is 12.8. The number of fused-ring (bicyclic) bond motifs is 1. The number of benzene rings is 2. The van der Waals surface area contributed by atoms with Crippen LogP contribution >= 0.6 is 22.6 Å². The number of para-hydroxylation sites is 1. The Morgan fingerprint density at radius 3 is 2.23 bits per heavy atom. The van der Waals surface area contributed by atoms with Crippen molar-refractivity contribution in [1.29, 1.82) is 0 Å². The van der Waals surface area contributed by atoms with Crippen molar-refractivity contribution in [2.45, 2.75) is 51.9 Å². The molecule has 26 heavy (non-hydrogen) atoms. The largest absolute Gasteiger partial charge is 0.442 e. The van der Waals surface area contributed by atoms with Crippen LogP contribution in [0.1, 0.15) is 51.2 Å². The van der Waals surface area contributed by atoms with Gasteiger partial charge in [0.05, 0.1) is 9.26 Å². The summed E-state index contributed by atoms with van der Waals surface area (Å²) in [6.45, 7) is 2.26. The highest BCUT2D eigenvalue weighted by molar-refractivity contribution is 14.1. The predicted octanol–water partition coefficient (Wildman–Crippen LogP) is 7.17. The Labute approximate surface area is 169 Å². The van der Waals surface area contributed by atoms with Gasteiger partial charge in [0, 0.05) is 17.2 Å². The van der Waals surface area contributed by atoms with Gasteiger partial charge in [-0.25, -0.2) is 4.99 Å². The zero-order valence-electron chi connectivity index (χ0n) is 15.4. The van der Waals surface area contributed by atoms with Crippen LogP contribution in [-0.2, 0) is 6.42 Å². The quantitative estimate of drug-likeness (QED) is 0.259. The highest BCUT2D eigenvalue weighted by Crippen LogP contribution is 2.24. The summed E-state index contributed by atoms with van der Waals surface area (Å²) in [6.07, 6.45) is 8.72. The number of halogens is 1. The zero-order valence-corrected chi connectivity index (χ0v) is 17.5. The summed E-state index contributed by atoms with van der Waals surface area (Å²) in [4.78, 5) is 4.77. The fourth-order valence-corrected chi connectivity index (χ4v) is 4.01. The minimum atomic E-state index is 0.716. The van der Waals surface area contributed by atoms with E-state index >= 15 is 0 Å². The average molecular weight is 459 g/mol. The molecular formula is C23H26INO. The summed E-state index contributed by atoms with van der Waals surface area (Å²) in [5.41, 5.74) is 1.64. The van der Waals surface area contributed by atoms with Crippen molar-refractivity contribution in [3.8, 4) is 0 Å². The van der Waals surface area contributed by atoms with Crippen LogP contribution in [0.15, 0.2) is 64.0 Å². The fraction of sp³-hybridized carbons (Fsp3) is 0.348. The van der Waals surface area contributed by atoms with Crippen LogP contribution in [0.2, 0.25) is 0 Å². The summed E-state index contributed by atoms with van der Waals surface area (Å²) in [5, 5.41) is 2.31. The molecule has 0 amide bonds. The molecule has 0 atom stereocenters. The van der Waals surface area contributed by atoms with Crippen molar-refractivity contribution >= 4 is 39.1 Å². The molecule has 1 heterocycles. The molecule has 2 nitrogen and oxygen atoms in total. The molecule has 0 aliphatic carbocycles. The second kappa shape index (κ2) is 9.91. The second-order valence-electron chi connectivity index (χ2n) is 6.66. The second-order valence-corrected chi connectivity index (χ2v) is 7.73. The lowest BCUT2D eigenvalue weighted by molar-refractivity contribution is 0.441. The van der Waals surface area contributed by atoms with Crippen LogP contribution in [0.3, 0.4) is 0 Å². The van der Waals surface area contributed by atoms with Crippen molar-refractivity contribution in [1.82, 2.24) is 0 Å². The number of nitrogens with zero attached hydrogens (tertiary/aromatic N) is 1. The minimum absolute atomic E-state index is 0.716. The van der Waals surface area contributed by atoms with Gasteiger partial charge in [-0.1, -0.05) is 75.4 Å². The molecule has 0 spiro atoms. The summed E-state index contributed by atoms with van der Waals surface area (Å²) in [6, 6.07) is 18.4. The maximum Gasteiger partial charge on any atom is 0.227 e. The van der Waals surface area contributed by atoms with E-state index in [0.29, 0.717) is 5.55 Å². The number of unbranched alkanes of at least 4 members (excludes halogenated alkanes) is 5. The normalized spacial score (nSPS) is 12.0. The van der Waals surface area contributed by atoms with Gasteiger partial charge in [-0.15, -0.1) is 0 Å². The third kappa shape index (κ3) is 4.97. The number of rotatable bonds is 8. The van der Waals surface area contributed by atoms with Gasteiger partial charge in [0.2, 0.25) is 5.55 Å². The Morgan fingerprint density at radius 1 is 0.808 bits per heavy atom. The van der Waals surface area contributed by atoms with Gasteiger partial charge < -0.3 is 4.42 Å². The molecule has 136 valence electrons. The highest BCUT2D eigenvalue weighted by atomic mass is 127. The van der Waals surface area contributed by atoms with Crippen LogP contribution in [0.4, 0.5) is 5.69 Å². The summed E-state index contributed by atoms with van der Waals surface area (Å²) < 4.78 is 7.50. The maximum atomic E-state index is 6.28. The van der Waals surface area contributed by atoms with Crippen LogP contribution in [0, 0.1) is 3.57 Å². The van der Waals surface area contributed by atoms with E-state index in [9.17, 15) is 0 Å². The Kier molecular flexibility index (Phi) is 7.30. The molecule has 1 aromatic heterocycles. The molecule has 3 rings (SSSR count). The Balaban J connectivity index is 1.89. The number of hydrogen-bond acceptors (Lipinski definition) is 2. The van der Waals surface area contributed by atoms with Gasteiger partial charge in [-0.2, -0.15) is 0 Å². The molecule has 0 aliphatic rings. The summed E-state index contributed by atoms with van der Waals surface area (Å²) in [5.74, 6) is 1.06. The van der Waals surface area contributed by atoms with Gasteiger partial charge in [0.15, 0.2) is 0 Å². The van der Waals surface area contributed by atoms with E-state index in [1.54, 1.807) is 0 Å². The van der Waals surface area contributed by atoms with Gasteiger partial charge >= 0.3 is 0 Å². The van der Waals surface area contributed by atoms with Crippen LogP contribution < -0.4 is 5.55 Å². The van der Waals surface area contributed by atoms with Gasteiger partial charge in [0.1, 0.15) is 5.76 Å². The van der Waals surface area contributed by atoms with E-state index in [0.717, 1.165) is 23.3 Å². The molecular weight excluding hydrogens is 433 g/mol. The lowest BCUT2D eigenvalue weighted by Gasteiger charge is -2.08. The van der Waals surface area contributed by atoms with Crippen molar-refractivity contribution in [2.24, 2.45) is 4.99 Å². The molecule has 0 bridgehead atoms. The molecule has 0 aliphatic heterocycles. The SMILES string of the molecule is CCCCCCCCc1oc(=Nc2ccccc2)c2ccccc2c1I. The fourth-order valence-electron chi connectivity index (χ4n) is 3.16. The first-order valence-corrected chi connectivity index (χ1v) is 10.7. The van der Waals surface area contributed by atoms with E-state index < -0.39 is 0 Å². The minimum Gasteiger partial charge on any atom is -0.442 e. The van der Waals surface area contributed by atoms with Crippen LogP contribution in [0.5, 0.6) is 0 Å². The lowest BCUT2D eigenvalue weighted by Crippen LogP contribution is -2.07. The van der Waals surface area contributed by atoms with Gasteiger partial charge in [0.25, 0.3) is 0 Å². The standard InChI is InChI=1S/C23H26INO/c1-2-3-4-5-6-10-17-21-22(24)19-15-11-12-16-20(19)23(26-21)25-18-13-8-7-9-14-18/h7-9,11-16H,2-6,10,17H2,1H3. The van der Waals surface area contributed by atoms with E-state index in [1.165, 1.54) is 47.5 Å². The molecule has 2 aromatic carbocycles. The van der Waals surface area contributed by atoms with E-state index in [2.05, 4.69) is 47.7 Å². The van der Waals surface area contributed by atoms with E-state index in [1.807, 2.05) is 36.4 Å². The van der Waals surface area contributed by atoms with Crippen molar-refractivity contribution in [3.05, 3.63) is 69.5 Å². The van der Waals surface area contributed by atoms with Crippen molar-refractivity contribution < 1.29 is 4.42 Å². The summed E-state index contributed by atoms with van der Waals surface area (Å²) >= 11 is 2.43. The lowest BCUT2D eigenvalue weighted by atomic mass is 10.1. The topological polar surface area (TPSA) is 25.5 Å². The maximum absolute atomic E-state index is 6.28. The third-order valence-corrected chi connectivity index (χ3v) is 5.79. The highest BCUT2D eigenvalue weighted by Gasteiger charge is 2.10. The molecule has 0 N–H and O–H groups in total. The monoisotopic (exact) mass is 459 g/mol. The molecule has 0 fully saturated rings. The molecule has 0 saturated heterocycles. The Morgan fingerprint density at radius 2 is 1.46 bits per heavy atom. The molecule has 0 unspecified atom stereocenters. The van der Waals surface area contributed by atoms with Crippen molar-refractivity contribution in [2.75, 3.05) is 0 Å². The van der Waals surface area contributed by atoms with Crippen LogP contribution in [-0.4, -0.2) is 0 Å². The van der Waals surface area contributed by atoms with Gasteiger partial charge in [-0.3, -0.25) is 0 Å². The first kappa shape index (κ1) is 19.2. The van der Waals surface area contributed by atoms with Crippen LogP contribution in [0.25, 0.3) is 10.8 Å². The summed E-state index contributed by atoms with van der Waals surface area (Å²) in [7, 11) is 0. The smallest absolute Gasteiger partial charge is 0.227 e. The molecule has 0 saturated carbocycles. The van der Waals surface area contributed by atoms with E-state index in [4.69, 9.17) is 9.41 Å². The molecule has 3 heteroatoms. The first-order valence-electron chi connectivity index (χ1n) is 9.59. The molecule has 0 radical (unpaired) electrons. The van der Waals surface area contributed by atoms with E-state index in [-0.39, 0.29) is 0 Å². The predicted molar refractivity (Wildman–Crippen MR) is 118 cm³/mol. The zero-order chi connectivity index (χ0) is 18.2. The van der Waals surface area contributed by atoms with Gasteiger partial charge in [-0.05, 0) is 47.2 Å². The average Bonchev–Trinajstić information content (AvgIpc) is 2.68. The third-order valence-electron chi connectivity index (χ3n) is 4.60. The Hall–Kier alpha value is -1.62. The molecule has 3 aromatic rings.